The summed E-state index contributed by atoms with van der Waals surface area (Å²) in [5.74, 6) is 1.43. The summed E-state index contributed by atoms with van der Waals surface area (Å²) in [6.45, 7) is 1.53. The van der Waals surface area contributed by atoms with Gasteiger partial charge in [-0.05, 0) is 17.7 Å². The maximum absolute atomic E-state index is 9.58. The molecule has 0 aliphatic carbocycles. The largest absolute Gasteiger partial charge is 0.490 e. The zero-order chi connectivity index (χ0) is 10.7. The minimum atomic E-state index is -0.637. The van der Waals surface area contributed by atoms with E-state index in [1.807, 2.05) is 12.1 Å². The first kappa shape index (κ1) is 10.3. The molecule has 3 N–H and O–H groups in total. The molecule has 1 atom stereocenters. The first-order chi connectivity index (χ1) is 7.31. The van der Waals surface area contributed by atoms with Gasteiger partial charge in [-0.15, -0.1) is 0 Å². The van der Waals surface area contributed by atoms with Crippen molar-refractivity contribution in [3.8, 4) is 11.5 Å². The summed E-state index contributed by atoms with van der Waals surface area (Å²) >= 11 is 0. The van der Waals surface area contributed by atoms with Crippen LogP contribution in [0, 0.1) is 0 Å². The molecule has 82 valence electrons. The molecule has 0 radical (unpaired) electrons. The minimum Gasteiger partial charge on any atom is -0.490 e. The van der Waals surface area contributed by atoms with E-state index in [1.165, 1.54) is 0 Å². The first-order valence-electron chi connectivity index (χ1n) is 5.09. The summed E-state index contributed by atoms with van der Waals surface area (Å²) < 4.78 is 11.0. The predicted octanol–water partition coefficient (Wildman–Crippen LogP) is 0.840. The van der Waals surface area contributed by atoms with Crippen molar-refractivity contribution in [2.75, 3.05) is 19.8 Å². The number of nitrogens with two attached hydrogens (primary N) is 1. The van der Waals surface area contributed by atoms with Crippen LogP contribution in [0.25, 0.3) is 0 Å². The Bertz CT molecular complexity index is 341. The van der Waals surface area contributed by atoms with Gasteiger partial charge < -0.3 is 20.3 Å². The number of benzene rings is 1. The van der Waals surface area contributed by atoms with E-state index in [4.69, 9.17) is 15.2 Å². The Hall–Kier alpha value is -1.26. The number of ether oxygens (including phenoxy) is 2. The number of rotatable bonds is 2. The number of aliphatic hydroxyl groups is 1. The van der Waals surface area contributed by atoms with E-state index in [1.54, 1.807) is 6.07 Å². The molecule has 1 aromatic carbocycles. The summed E-state index contributed by atoms with van der Waals surface area (Å²) in [6.07, 6.45) is 0.242. The van der Waals surface area contributed by atoms with E-state index >= 15 is 0 Å². The normalized spacial score (nSPS) is 16.9. The highest BCUT2D eigenvalue weighted by Crippen LogP contribution is 2.31. The van der Waals surface area contributed by atoms with Crippen molar-refractivity contribution in [2.24, 2.45) is 5.73 Å². The molecular formula is C11H15NO3. The fourth-order valence-electron chi connectivity index (χ4n) is 1.52. The highest BCUT2D eigenvalue weighted by atomic mass is 16.5. The van der Waals surface area contributed by atoms with Gasteiger partial charge in [-0.2, -0.15) is 0 Å². The Kier molecular flexibility index (Phi) is 3.08. The lowest BCUT2D eigenvalue weighted by atomic mass is 10.1. The first-order valence-corrected chi connectivity index (χ1v) is 5.09. The Balaban J connectivity index is 2.27. The molecule has 0 bridgehead atoms. The summed E-state index contributed by atoms with van der Waals surface area (Å²) in [4.78, 5) is 0. The van der Waals surface area contributed by atoms with Gasteiger partial charge in [0.05, 0.1) is 19.3 Å². The van der Waals surface area contributed by atoms with E-state index < -0.39 is 6.10 Å². The SMILES string of the molecule is NC[C@H](O)c1ccc2c(c1)OCCCO2. The van der Waals surface area contributed by atoms with Crippen LogP contribution >= 0.6 is 0 Å². The zero-order valence-electron chi connectivity index (χ0n) is 8.48. The van der Waals surface area contributed by atoms with Gasteiger partial charge in [0.1, 0.15) is 0 Å². The van der Waals surface area contributed by atoms with Crippen LogP contribution in [0.15, 0.2) is 18.2 Å². The third-order valence-electron chi connectivity index (χ3n) is 2.38. The maximum atomic E-state index is 9.58. The average Bonchev–Trinajstić information content (AvgIpc) is 2.51. The summed E-state index contributed by atoms with van der Waals surface area (Å²) in [5.41, 5.74) is 6.15. The highest BCUT2D eigenvalue weighted by Gasteiger charge is 2.13. The fourth-order valence-corrected chi connectivity index (χ4v) is 1.52. The average molecular weight is 209 g/mol. The van der Waals surface area contributed by atoms with E-state index in [9.17, 15) is 5.11 Å². The Morgan fingerprint density at radius 2 is 2.00 bits per heavy atom. The van der Waals surface area contributed by atoms with Crippen molar-refractivity contribution < 1.29 is 14.6 Å². The minimum absolute atomic E-state index is 0.208. The third-order valence-corrected chi connectivity index (χ3v) is 2.38. The van der Waals surface area contributed by atoms with E-state index in [0.717, 1.165) is 17.7 Å². The highest BCUT2D eigenvalue weighted by molar-refractivity contribution is 5.44. The Morgan fingerprint density at radius 1 is 1.27 bits per heavy atom. The molecule has 1 heterocycles. The molecule has 0 saturated carbocycles. The predicted molar refractivity (Wildman–Crippen MR) is 56.1 cm³/mol. The van der Waals surface area contributed by atoms with Crippen LogP contribution in [-0.2, 0) is 0 Å². The molecule has 15 heavy (non-hydrogen) atoms. The van der Waals surface area contributed by atoms with Gasteiger partial charge in [-0.1, -0.05) is 6.07 Å². The van der Waals surface area contributed by atoms with Crippen LogP contribution in [0.5, 0.6) is 11.5 Å². The van der Waals surface area contributed by atoms with Gasteiger partial charge in [-0.3, -0.25) is 0 Å². The summed E-state index contributed by atoms with van der Waals surface area (Å²) in [5, 5.41) is 9.58. The Morgan fingerprint density at radius 3 is 2.73 bits per heavy atom. The molecule has 1 aliphatic heterocycles. The zero-order valence-corrected chi connectivity index (χ0v) is 8.48. The van der Waals surface area contributed by atoms with Crippen molar-refractivity contribution in [1.29, 1.82) is 0 Å². The van der Waals surface area contributed by atoms with Gasteiger partial charge in [0, 0.05) is 13.0 Å². The van der Waals surface area contributed by atoms with Gasteiger partial charge in [-0.25, -0.2) is 0 Å². The number of fused-ring (bicyclic) bond motifs is 1. The lowest BCUT2D eigenvalue weighted by molar-refractivity contribution is 0.186. The maximum Gasteiger partial charge on any atom is 0.161 e. The van der Waals surface area contributed by atoms with Crippen LogP contribution in [0.1, 0.15) is 18.1 Å². The third kappa shape index (κ3) is 2.22. The molecule has 0 spiro atoms. The second-order valence-corrected chi connectivity index (χ2v) is 3.51. The monoisotopic (exact) mass is 209 g/mol. The lowest BCUT2D eigenvalue weighted by Crippen LogP contribution is -2.11. The fraction of sp³-hybridized carbons (Fsp3) is 0.455. The molecule has 0 fully saturated rings. The molecule has 4 heteroatoms. The van der Waals surface area contributed by atoms with E-state index in [0.29, 0.717) is 19.0 Å². The molecule has 0 aromatic heterocycles. The summed E-state index contributed by atoms with van der Waals surface area (Å²) in [7, 11) is 0. The number of hydrogen-bond acceptors (Lipinski definition) is 4. The van der Waals surface area contributed by atoms with Crippen molar-refractivity contribution in [3.63, 3.8) is 0 Å². The van der Waals surface area contributed by atoms with Crippen LogP contribution < -0.4 is 15.2 Å². The number of hydrogen-bond donors (Lipinski definition) is 2. The topological polar surface area (TPSA) is 64.7 Å². The van der Waals surface area contributed by atoms with Crippen LogP contribution in [0.3, 0.4) is 0 Å². The van der Waals surface area contributed by atoms with Gasteiger partial charge in [0.2, 0.25) is 0 Å². The molecular weight excluding hydrogens is 194 g/mol. The van der Waals surface area contributed by atoms with E-state index in [2.05, 4.69) is 0 Å². The van der Waals surface area contributed by atoms with Gasteiger partial charge in [0.25, 0.3) is 0 Å². The van der Waals surface area contributed by atoms with Crippen LogP contribution in [0.4, 0.5) is 0 Å². The van der Waals surface area contributed by atoms with E-state index in [-0.39, 0.29) is 6.54 Å². The molecule has 1 aliphatic rings. The standard InChI is InChI=1S/C11H15NO3/c12-7-9(13)8-2-3-10-11(6-8)15-5-1-4-14-10/h2-3,6,9,13H,1,4-5,7,12H2/t9-/m0/s1. The van der Waals surface area contributed by atoms with Gasteiger partial charge in [0.15, 0.2) is 11.5 Å². The second kappa shape index (κ2) is 4.51. The summed E-state index contributed by atoms with van der Waals surface area (Å²) in [6, 6.07) is 5.41. The van der Waals surface area contributed by atoms with Crippen molar-refractivity contribution in [1.82, 2.24) is 0 Å². The van der Waals surface area contributed by atoms with Crippen LogP contribution in [0.2, 0.25) is 0 Å². The quantitative estimate of drug-likeness (QED) is 0.757. The van der Waals surface area contributed by atoms with Crippen molar-refractivity contribution in [2.45, 2.75) is 12.5 Å². The smallest absolute Gasteiger partial charge is 0.161 e. The molecule has 0 amide bonds. The molecule has 2 rings (SSSR count). The van der Waals surface area contributed by atoms with Crippen LogP contribution in [-0.4, -0.2) is 24.9 Å². The number of aliphatic hydroxyl groups excluding tert-OH is 1. The molecule has 1 aromatic rings. The molecule has 4 nitrogen and oxygen atoms in total. The van der Waals surface area contributed by atoms with Crippen molar-refractivity contribution >= 4 is 0 Å². The Labute approximate surface area is 88.6 Å². The molecule has 0 saturated heterocycles. The molecule has 0 unspecified atom stereocenters. The van der Waals surface area contributed by atoms with Gasteiger partial charge >= 0.3 is 0 Å². The second-order valence-electron chi connectivity index (χ2n) is 3.51. The van der Waals surface area contributed by atoms with Crippen molar-refractivity contribution in [3.05, 3.63) is 23.8 Å². The lowest BCUT2D eigenvalue weighted by Gasteiger charge is -2.12.